The Morgan fingerprint density at radius 1 is 1.00 bits per heavy atom. The minimum atomic E-state index is -0.304. The third kappa shape index (κ3) is 2.74. The minimum Gasteiger partial charge on any atom is -0.369 e. The van der Waals surface area contributed by atoms with Crippen molar-refractivity contribution in [2.45, 2.75) is 12.8 Å². The fourth-order valence-corrected chi connectivity index (χ4v) is 3.16. The van der Waals surface area contributed by atoms with Crippen molar-refractivity contribution in [3.63, 3.8) is 0 Å². The predicted octanol–water partition coefficient (Wildman–Crippen LogP) is 3.42. The fraction of sp³-hybridized carbons (Fsp3) is 0.176. The molecule has 22 heavy (non-hydrogen) atoms. The number of benzene rings is 2. The predicted molar refractivity (Wildman–Crippen MR) is 86.4 cm³/mol. The van der Waals surface area contributed by atoms with E-state index in [1.807, 2.05) is 12.1 Å². The van der Waals surface area contributed by atoms with Gasteiger partial charge in [-0.3, -0.25) is 9.59 Å². The Bertz CT molecular complexity index is 786. The molecule has 1 unspecified atom stereocenters. The standard InChI is InChI=1S/C17H13Cl2NO2/c18-13-3-4-15(19)14(8-13)16(21)10-2-1-9-5-12(17(20)22)7-11(9)6-10/h1-4,6,8,12H,5,7H2,(H2,20,22). The Labute approximate surface area is 138 Å². The number of carbonyl (C=O) groups excluding carboxylic acids is 2. The first-order valence-electron chi connectivity index (χ1n) is 6.86. The number of hydrogen-bond acceptors (Lipinski definition) is 2. The molecule has 2 aromatic rings. The Hall–Kier alpha value is -1.84. The molecule has 0 aliphatic heterocycles. The summed E-state index contributed by atoms with van der Waals surface area (Å²) in [7, 11) is 0. The lowest BCUT2D eigenvalue weighted by atomic mass is 9.99. The average molecular weight is 334 g/mol. The molecule has 1 aliphatic rings. The summed E-state index contributed by atoms with van der Waals surface area (Å²) in [5, 5.41) is 0.826. The van der Waals surface area contributed by atoms with Crippen molar-refractivity contribution in [2.75, 3.05) is 0 Å². The van der Waals surface area contributed by atoms with Gasteiger partial charge in [0.05, 0.1) is 5.02 Å². The van der Waals surface area contributed by atoms with Gasteiger partial charge in [-0.1, -0.05) is 35.3 Å². The highest BCUT2D eigenvalue weighted by molar-refractivity contribution is 6.36. The number of primary amides is 1. The molecule has 0 bridgehead atoms. The van der Waals surface area contributed by atoms with Crippen molar-refractivity contribution >= 4 is 34.9 Å². The van der Waals surface area contributed by atoms with Crippen LogP contribution < -0.4 is 5.73 Å². The molecule has 2 aromatic carbocycles. The first kappa shape index (κ1) is 15.1. The zero-order valence-corrected chi connectivity index (χ0v) is 13.1. The summed E-state index contributed by atoms with van der Waals surface area (Å²) in [6, 6.07) is 10.3. The van der Waals surface area contributed by atoms with E-state index in [0.29, 0.717) is 34.0 Å². The van der Waals surface area contributed by atoms with E-state index in [9.17, 15) is 9.59 Å². The van der Waals surface area contributed by atoms with Crippen molar-refractivity contribution in [3.05, 3.63) is 68.7 Å². The number of nitrogens with two attached hydrogens (primary N) is 1. The van der Waals surface area contributed by atoms with Crippen LogP contribution in [0.25, 0.3) is 0 Å². The van der Waals surface area contributed by atoms with Gasteiger partial charge < -0.3 is 5.73 Å². The summed E-state index contributed by atoms with van der Waals surface area (Å²) in [6.45, 7) is 0. The van der Waals surface area contributed by atoms with E-state index in [2.05, 4.69) is 0 Å². The molecule has 5 heteroatoms. The molecule has 0 saturated carbocycles. The number of rotatable bonds is 3. The van der Waals surface area contributed by atoms with Gasteiger partial charge in [-0.25, -0.2) is 0 Å². The lowest BCUT2D eigenvalue weighted by molar-refractivity contribution is -0.121. The molecule has 0 saturated heterocycles. The van der Waals surface area contributed by atoms with Crippen LogP contribution in [0.4, 0.5) is 0 Å². The molecular formula is C17H13Cl2NO2. The van der Waals surface area contributed by atoms with E-state index >= 15 is 0 Å². The lowest BCUT2D eigenvalue weighted by Crippen LogP contribution is -2.23. The maximum absolute atomic E-state index is 12.6. The number of hydrogen-bond donors (Lipinski definition) is 1. The zero-order chi connectivity index (χ0) is 15.9. The highest BCUT2D eigenvalue weighted by atomic mass is 35.5. The van der Waals surface area contributed by atoms with E-state index in [1.165, 1.54) is 0 Å². The van der Waals surface area contributed by atoms with E-state index in [0.717, 1.165) is 11.1 Å². The molecule has 0 aromatic heterocycles. The van der Waals surface area contributed by atoms with Crippen LogP contribution in [0.3, 0.4) is 0 Å². The fourth-order valence-electron chi connectivity index (χ4n) is 2.79. The highest BCUT2D eigenvalue weighted by Crippen LogP contribution is 2.29. The summed E-state index contributed by atoms with van der Waals surface area (Å²) >= 11 is 12.0. The van der Waals surface area contributed by atoms with Crippen molar-refractivity contribution < 1.29 is 9.59 Å². The summed E-state index contributed by atoms with van der Waals surface area (Å²) < 4.78 is 0. The van der Waals surface area contributed by atoms with Gasteiger partial charge >= 0.3 is 0 Å². The van der Waals surface area contributed by atoms with Gasteiger partial charge in [0.15, 0.2) is 5.78 Å². The van der Waals surface area contributed by atoms with Crippen LogP contribution >= 0.6 is 23.2 Å². The molecule has 112 valence electrons. The molecule has 1 aliphatic carbocycles. The Balaban J connectivity index is 1.94. The van der Waals surface area contributed by atoms with E-state index in [4.69, 9.17) is 28.9 Å². The van der Waals surface area contributed by atoms with E-state index in [-0.39, 0.29) is 17.6 Å². The van der Waals surface area contributed by atoms with Gasteiger partial charge in [-0.2, -0.15) is 0 Å². The second-order valence-electron chi connectivity index (χ2n) is 5.44. The van der Waals surface area contributed by atoms with Gasteiger partial charge in [-0.05, 0) is 48.2 Å². The number of halogens is 2. The molecule has 0 spiro atoms. The summed E-state index contributed by atoms with van der Waals surface area (Å²) in [5.41, 5.74) is 8.33. The smallest absolute Gasteiger partial charge is 0.221 e. The monoisotopic (exact) mass is 333 g/mol. The maximum atomic E-state index is 12.6. The molecule has 1 atom stereocenters. The van der Waals surface area contributed by atoms with Crippen LogP contribution in [0.5, 0.6) is 0 Å². The molecule has 3 nitrogen and oxygen atoms in total. The zero-order valence-electron chi connectivity index (χ0n) is 11.6. The third-order valence-corrected chi connectivity index (χ3v) is 4.54. The quantitative estimate of drug-likeness (QED) is 0.875. The summed E-state index contributed by atoms with van der Waals surface area (Å²) in [6.07, 6.45) is 1.21. The van der Waals surface area contributed by atoms with Gasteiger partial charge in [0.1, 0.15) is 0 Å². The lowest BCUT2D eigenvalue weighted by Gasteiger charge is -2.06. The molecular weight excluding hydrogens is 321 g/mol. The van der Waals surface area contributed by atoms with Crippen LogP contribution in [0.2, 0.25) is 10.0 Å². The Morgan fingerprint density at radius 2 is 1.73 bits per heavy atom. The van der Waals surface area contributed by atoms with Gasteiger partial charge in [0.2, 0.25) is 5.91 Å². The Kier molecular flexibility index (Phi) is 3.94. The van der Waals surface area contributed by atoms with Crippen LogP contribution in [0.1, 0.15) is 27.0 Å². The first-order valence-corrected chi connectivity index (χ1v) is 7.62. The van der Waals surface area contributed by atoms with Crippen molar-refractivity contribution in [1.29, 1.82) is 0 Å². The van der Waals surface area contributed by atoms with Crippen LogP contribution in [0, 0.1) is 5.92 Å². The number of fused-ring (bicyclic) bond motifs is 1. The topological polar surface area (TPSA) is 60.2 Å². The first-order chi connectivity index (χ1) is 10.5. The van der Waals surface area contributed by atoms with Crippen molar-refractivity contribution in [2.24, 2.45) is 11.7 Å². The third-order valence-electron chi connectivity index (χ3n) is 3.98. The molecule has 2 N–H and O–H groups in total. The number of amides is 1. The normalized spacial score (nSPS) is 16.4. The molecule has 1 amide bonds. The summed E-state index contributed by atoms with van der Waals surface area (Å²) in [4.78, 5) is 23.9. The van der Waals surface area contributed by atoms with Crippen LogP contribution in [0.15, 0.2) is 36.4 Å². The second-order valence-corrected chi connectivity index (χ2v) is 6.29. The Morgan fingerprint density at radius 3 is 2.45 bits per heavy atom. The van der Waals surface area contributed by atoms with Gasteiger partial charge in [0.25, 0.3) is 0 Å². The highest BCUT2D eigenvalue weighted by Gasteiger charge is 2.26. The largest absolute Gasteiger partial charge is 0.369 e. The average Bonchev–Trinajstić information content (AvgIpc) is 2.92. The molecule has 3 rings (SSSR count). The van der Waals surface area contributed by atoms with Crippen molar-refractivity contribution in [3.8, 4) is 0 Å². The maximum Gasteiger partial charge on any atom is 0.221 e. The molecule has 0 radical (unpaired) electrons. The second kappa shape index (κ2) is 5.75. The van der Waals surface area contributed by atoms with E-state index in [1.54, 1.807) is 24.3 Å². The summed E-state index contributed by atoms with van der Waals surface area (Å²) in [5.74, 6) is -0.671. The molecule has 0 fully saturated rings. The van der Waals surface area contributed by atoms with Crippen molar-refractivity contribution in [1.82, 2.24) is 0 Å². The minimum absolute atomic E-state index is 0.183. The van der Waals surface area contributed by atoms with E-state index < -0.39 is 0 Å². The van der Waals surface area contributed by atoms with Gasteiger partial charge in [0, 0.05) is 22.1 Å². The van der Waals surface area contributed by atoms with Gasteiger partial charge in [-0.15, -0.1) is 0 Å². The van der Waals surface area contributed by atoms with Crippen LogP contribution in [-0.2, 0) is 17.6 Å². The SMILES string of the molecule is NC(=O)C1Cc2ccc(C(=O)c3cc(Cl)ccc3Cl)cc2C1. The number of carbonyl (C=O) groups is 2. The molecule has 0 heterocycles. The van der Waals surface area contributed by atoms with Crippen LogP contribution in [-0.4, -0.2) is 11.7 Å². The number of ketones is 1.